The molecule has 0 heterocycles. The van der Waals surface area contributed by atoms with Crippen molar-refractivity contribution in [1.82, 2.24) is 5.32 Å². The van der Waals surface area contributed by atoms with E-state index in [2.05, 4.69) is 5.32 Å². The maximum atomic E-state index is 12.4. The molecule has 7 heteroatoms. The number of halogens is 1. The Hall–Kier alpha value is -2.57. The molecule has 0 unspecified atom stereocenters. The largest absolute Gasteiger partial charge is 0.465 e. The molecule has 0 aromatic heterocycles. The molecular weight excluding hydrogens is 398 g/mol. The van der Waals surface area contributed by atoms with Gasteiger partial charge in [0.25, 0.3) is 0 Å². The van der Waals surface area contributed by atoms with Gasteiger partial charge in [0, 0.05) is 22.2 Å². The van der Waals surface area contributed by atoms with Gasteiger partial charge in [-0.3, -0.25) is 14.4 Å². The van der Waals surface area contributed by atoms with E-state index >= 15 is 0 Å². The van der Waals surface area contributed by atoms with Crippen molar-refractivity contribution >= 4 is 40.9 Å². The number of carbonyl (C=O) groups excluding carboxylic acids is 3. The Morgan fingerprint density at radius 2 is 1.71 bits per heavy atom. The van der Waals surface area contributed by atoms with Gasteiger partial charge < -0.3 is 10.1 Å². The molecule has 0 bridgehead atoms. The highest BCUT2D eigenvalue weighted by molar-refractivity contribution is 8.03. The van der Waals surface area contributed by atoms with Crippen LogP contribution in [0.1, 0.15) is 27.6 Å². The summed E-state index contributed by atoms with van der Waals surface area (Å²) in [5.41, 5.74) is 1.04. The minimum absolute atomic E-state index is 0.0934. The van der Waals surface area contributed by atoms with Crippen molar-refractivity contribution in [2.24, 2.45) is 0 Å². The summed E-state index contributed by atoms with van der Waals surface area (Å²) in [6, 6.07) is 15.3. The summed E-state index contributed by atoms with van der Waals surface area (Å²) in [6.07, 6.45) is 1.38. The maximum absolute atomic E-state index is 12.4. The van der Waals surface area contributed by atoms with E-state index in [1.54, 1.807) is 55.5 Å². The zero-order chi connectivity index (χ0) is 20.4. The van der Waals surface area contributed by atoms with Crippen molar-refractivity contribution in [1.29, 1.82) is 0 Å². The Bertz CT molecular complexity index is 850. The Balaban J connectivity index is 2.07. The number of ether oxygens (including phenoxy) is 1. The number of hydrogen-bond donors (Lipinski definition) is 1. The number of allylic oxidation sites excluding steroid dienone is 1. The highest BCUT2D eigenvalue weighted by Gasteiger charge is 2.12. The number of benzene rings is 2. The lowest BCUT2D eigenvalue weighted by Gasteiger charge is -2.10. The summed E-state index contributed by atoms with van der Waals surface area (Å²) in [5, 5.41) is 3.85. The van der Waals surface area contributed by atoms with E-state index in [9.17, 15) is 14.4 Å². The zero-order valence-corrected chi connectivity index (χ0v) is 16.9. The quantitative estimate of drug-likeness (QED) is 0.356. The molecule has 5 nitrogen and oxygen atoms in total. The van der Waals surface area contributed by atoms with Crippen LogP contribution in [-0.4, -0.2) is 36.4 Å². The predicted molar refractivity (Wildman–Crippen MR) is 112 cm³/mol. The first-order chi connectivity index (χ1) is 13.5. The van der Waals surface area contributed by atoms with E-state index < -0.39 is 5.97 Å². The molecule has 0 amide bonds. The number of carbonyl (C=O) groups is 3. The Morgan fingerprint density at radius 1 is 1.04 bits per heavy atom. The highest BCUT2D eigenvalue weighted by atomic mass is 35.5. The van der Waals surface area contributed by atoms with Crippen molar-refractivity contribution in [2.75, 3.05) is 18.9 Å². The van der Waals surface area contributed by atoms with Crippen molar-refractivity contribution in [3.05, 3.63) is 81.9 Å². The SMILES string of the molecule is CCOC(=O)CN/C(=C\C(=O)c1ccccc1)SCC(=O)c1ccc(Cl)cc1. The summed E-state index contributed by atoms with van der Waals surface area (Å²) in [4.78, 5) is 36.4. The minimum Gasteiger partial charge on any atom is -0.465 e. The molecule has 0 saturated carbocycles. The first kappa shape index (κ1) is 21.7. The first-order valence-corrected chi connectivity index (χ1v) is 9.98. The normalized spacial score (nSPS) is 11.0. The smallest absolute Gasteiger partial charge is 0.325 e. The molecular formula is C21H20ClNO4S. The van der Waals surface area contributed by atoms with Gasteiger partial charge in [-0.2, -0.15) is 0 Å². The number of ketones is 2. The first-order valence-electron chi connectivity index (χ1n) is 8.61. The second-order valence-electron chi connectivity index (χ2n) is 5.62. The van der Waals surface area contributed by atoms with E-state index in [0.29, 0.717) is 21.2 Å². The van der Waals surface area contributed by atoms with Crippen LogP contribution in [0.3, 0.4) is 0 Å². The van der Waals surface area contributed by atoms with E-state index in [-0.39, 0.29) is 30.5 Å². The zero-order valence-electron chi connectivity index (χ0n) is 15.3. The Kier molecular flexibility index (Phi) is 8.78. The number of Topliss-reactive ketones (excluding diaryl/α,β-unsaturated/α-hetero) is 1. The molecule has 0 aliphatic heterocycles. The molecule has 2 aromatic carbocycles. The number of rotatable bonds is 10. The lowest BCUT2D eigenvalue weighted by atomic mass is 10.1. The molecule has 0 spiro atoms. The minimum atomic E-state index is -0.440. The lowest BCUT2D eigenvalue weighted by molar-refractivity contribution is -0.141. The lowest BCUT2D eigenvalue weighted by Crippen LogP contribution is -2.24. The van der Waals surface area contributed by atoms with Gasteiger partial charge in [-0.1, -0.05) is 41.9 Å². The van der Waals surface area contributed by atoms with Gasteiger partial charge in [-0.15, -0.1) is 11.8 Å². The van der Waals surface area contributed by atoms with Gasteiger partial charge in [-0.05, 0) is 31.2 Å². The van der Waals surface area contributed by atoms with Crippen molar-refractivity contribution in [3.8, 4) is 0 Å². The highest BCUT2D eigenvalue weighted by Crippen LogP contribution is 2.18. The molecule has 0 radical (unpaired) electrons. The number of hydrogen-bond acceptors (Lipinski definition) is 6. The Morgan fingerprint density at radius 3 is 2.36 bits per heavy atom. The Labute approximate surface area is 173 Å². The van der Waals surface area contributed by atoms with Gasteiger partial charge in [-0.25, -0.2) is 0 Å². The van der Waals surface area contributed by atoms with Crippen LogP contribution >= 0.6 is 23.4 Å². The monoisotopic (exact) mass is 417 g/mol. The topological polar surface area (TPSA) is 72.5 Å². The molecule has 0 saturated heterocycles. The van der Waals surface area contributed by atoms with E-state index in [1.807, 2.05) is 6.07 Å². The van der Waals surface area contributed by atoms with Crippen LogP contribution in [0.5, 0.6) is 0 Å². The van der Waals surface area contributed by atoms with E-state index in [4.69, 9.17) is 16.3 Å². The standard InChI is InChI=1S/C21H20ClNO4S/c1-2-27-21(26)13-23-20(12-18(24)15-6-4-3-5-7-15)28-14-19(25)16-8-10-17(22)11-9-16/h3-12,23H,2,13-14H2,1H3/b20-12+. The van der Waals surface area contributed by atoms with Gasteiger partial charge in [0.05, 0.1) is 17.4 Å². The molecule has 0 fully saturated rings. The fraction of sp³-hybridized carbons (Fsp3) is 0.190. The van der Waals surface area contributed by atoms with Gasteiger partial charge in [0.1, 0.15) is 6.54 Å². The summed E-state index contributed by atoms with van der Waals surface area (Å²) in [5.74, 6) is -0.674. The van der Waals surface area contributed by atoms with Gasteiger partial charge in [0.2, 0.25) is 0 Å². The van der Waals surface area contributed by atoms with E-state index in [0.717, 1.165) is 11.8 Å². The molecule has 146 valence electrons. The maximum Gasteiger partial charge on any atom is 0.325 e. The van der Waals surface area contributed by atoms with Crippen LogP contribution in [0.4, 0.5) is 0 Å². The number of nitrogens with one attached hydrogen (secondary N) is 1. The van der Waals surface area contributed by atoms with Gasteiger partial charge >= 0.3 is 5.97 Å². The van der Waals surface area contributed by atoms with Crippen LogP contribution in [-0.2, 0) is 9.53 Å². The van der Waals surface area contributed by atoms with Gasteiger partial charge in [0.15, 0.2) is 11.6 Å². The number of thioether (sulfide) groups is 1. The molecule has 1 N–H and O–H groups in total. The average molecular weight is 418 g/mol. The fourth-order valence-corrected chi connectivity index (χ4v) is 3.13. The summed E-state index contributed by atoms with van der Waals surface area (Å²) in [7, 11) is 0. The molecule has 28 heavy (non-hydrogen) atoms. The second kappa shape index (κ2) is 11.3. The molecule has 0 aliphatic carbocycles. The van der Waals surface area contributed by atoms with Crippen LogP contribution in [0.15, 0.2) is 65.7 Å². The fourth-order valence-electron chi connectivity index (χ4n) is 2.18. The van der Waals surface area contributed by atoms with Crippen LogP contribution in [0.2, 0.25) is 5.02 Å². The van der Waals surface area contributed by atoms with Crippen molar-refractivity contribution in [2.45, 2.75) is 6.92 Å². The molecule has 0 atom stereocenters. The molecule has 2 rings (SSSR count). The third-order valence-corrected chi connectivity index (χ3v) is 4.79. The third kappa shape index (κ3) is 7.21. The summed E-state index contributed by atoms with van der Waals surface area (Å²) >= 11 is 6.99. The van der Waals surface area contributed by atoms with Crippen molar-refractivity contribution in [3.63, 3.8) is 0 Å². The second-order valence-corrected chi connectivity index (χ2v) is 7.07. The van der Waals surface area contributed by atoms with Crippen LogP contribution in [0.25, 0.3) is 0 Å². The predicted octanol–water partition coefficient (Wildman–Crippen LogP) is 4.13. The van der Waals surface area contributed by atoms with E-state index in [1.165, 1.54) is 6.08 Å². The molecule has 0 aliphatic rings. The van der Waals surface area contributed by atoms with Crippen LogP contribution in [0, 0.1) is 0 Å². The summed E-state index contributed by atoms with van der Waals surface area (Å²) < 4.78 is 4.89. The third-order valence-electron chi connectivity index (χ3n) is 3.56. The van der Waals surface area contributed by atoms with Crippen LogP contribution < -0.4 is 5.32 Å². The van der Waals surface area contributed by atoms with Crippen molar-refractivity contribution < 1.29 is 19.1 Å². The average Bonchev–Trinajstić information content (AvgIpc) is 2.71. The molecule has 2 aromatic rings. The number of esters is 1. The summed E-state index contributed by atoms with van der Waals surface area (Å²) in [6.45, 7) is 1.89.